The van der Waals surface area contributed by atoms with Crippen LogP contribution in [0.15, 0.2) is 24.3 Å². The highest BCUT2D eigenvalue weighted by molar-refractivity contribution is 7.18. The molecule has 27 heavy (non-hydrogen) atoms. The fourth-order valence-corrected chi connectivity index (χ4v) is 4.84. The maximum atomic E-state index is 12.8. The van der Waals surface area contributed by atoms with Gasteiger partial charge >= 0.3 is 6.03 Å². The standard InChI is InChI=1S/C19H22N4O3S/c1-19(2)17(25)23(18(26)21-19)11-9-15(24)22-10-5-7-13(22)16-20-12-6-3-4-8-14(12)27-16/h3-4,6,8,13H,5,7,9-11H2,1-2H3,(H,21,26)/t13-/m1/s1. The molecule has 0 radical (unpaired) electrons. The van der Waals surface area contributed by atoms with E-state index in [4.69, 9.17) is 4.98 Å². The zero-order valence-corrected chi connectivity index (χ0v) is 16.2. The van der Waals surface area contributed by atoms with Crippen molar-refractivity contribution in [2.24, 2.45) is 0 Å². The van der Waals surface area contributed by atoms with E-state index < -0.39 is 11.6 Å². The molecule has 0 saturated carbocycles. The minimum atomic E-state index is -0.905. The van der Waals surface area contributed by atoms with Crippen molar-refractivity contribution in [3.63, 3.8) is 0 Å². The van der Waals surface area contributed by atoms with Crippen LogP contribution in [0.4, 0.5) is 4.79 Å². The minimum absolute atomic E-state index is 0.0190. The fraction of sp³-hybridized carbons (Fsp3) is 0.474. The predicted octanol–water partition coefficient (Wildman–Crippen LogP) is 2.68. The number of carbonyl (C=O) groups excluding carboxylic acids is 3. The van der Waals surface area contributed by atoms with Gasteiger partial charge in [-0.2, -0.15) is 0 Å². The summed E-state index contributed by atoms with van der Waals surface area (Å²) in [4.78, 5) is 44.7. The number of amides is 4. The van der Waals surface area contributed by atoms with E-state index in [0.717, 1.165) is 33.0 Å². The Labute approximate surface area is 161 Å². The lowest BCUT2D eigenvalue weighted by Gasteiger charge is -2.24. The molecule has 4 rings (SSSR count). The smallest absolute Gasteiger partial charge is 0.325 e. The second-order valence-electron chi connectivity index (χ2n) is 7.53. The second-order valence-corrected chi connectivity index (χ2v) is 8.59. The van der Waals surface area contributed by atoms with Gasteiger partial charge in [0.25, 0.3) is 5.91 Å². The summed E-state index contributed by atoms with van der Waals surface area (Å²) >= 11 is 1.63. The summed E-state index contributed by atoms with van der Waals surface area (Å²) < 4.78 is 1.12. The molecule has 0 aliphatic carbocycles. The summed E-state index contributed by atoms with van der Waals surface area (Å²) in [6.45, 7) is 4.12. The summed E-state index contributed by atoms with van der Waals surface area (Å²) in [5, 5.41) is 3.60. The second kappa shape index (κ2) is 6.60. The molecule has 7 nitrogen and oxygen atoms in total. The van der Waals surface area contributed by atoms with Crippen molar-refractivity contribution in [3.8, 4) is 0 Å². The number of nitrogens with zero attached hydrogens (tertiary/aromatic N) is 3. The number of hydrogen-bond donors (Lipinski definition) is 1. The van der Waals surface area contributed by atoms with Crippen molar-refractivity contribution in [3.05, 3.63) is 29.3 Å². The van der Waals surface area contributed by atoms with E-state index >= 15 is 0 Å². The molecule has 0 bridgehead atoms. The third-order valence-corrected chi connectivity index (χ3v) is 6.30. The Bertz CT molecular complexity index is 890. The first-order valence-corrected chi connectivity index (χ1v) is 9.97. The first kappa shape index (κ1) is 17.9. The molecule has 2 saturated heterocycles. The minimum Gasteiger partial charge on any atom is -0.333 e. The molecule has 0 unspecified atom stereocenters. The Kier molecular flexibility index (Phi) is 4.38. The summed E-state index contributed by atoms with van der Waals surface area (Å²) in [6.07, 6.45) is 1.96. The van der Waals surface area contributed by atoms with E-state index in [1.54, 1.807) is 25.2 Å². The van der Waals surface area contributed by atoms with Crippen molar-refractivity contribution in [1.82, 2.24) is 20.1 Å². The van der Waals surface area contributed by atoms with Crippen LogP contribution in [0.3, 0.4) is 0 Å². The SMILES string of the molecule is CC1(C)NC(=O)N(CCC(=O)N2CCC[C@@H]2c2nc3ccccc3s2)C1=O. The van der Waals surface area contributed by atoms with E-state index in [0.29, 0.717) is 6.54 Å². The van der Waals surface area contributed by atoms with Crippen LogP contribution in [0.25, 0.3) is 10.2 Å². The Morgan fingerprint density at radius 2 is 2.11 bits per heavy atom. The predicted molar refractivity (Wildman–Crippen MR) is 102 cm³/mol. The highest BCUT2D eigenvalue weighted by atomic mass is 32.1. The Morgan fingerprint density at radius 1 is 1.33 bits per heavy atom. The van der Waals surface area contributed by atoms with Crippen LogP contribution in [-0.2, 0) is 9.59 Å². The number of likely N-dealkylation sites (tertiary alicyclic amines) is 1. The van der Waals surface area contributed by atoms with Gasteiger partial charge in [-0.25, -0.2) is 9.78 Å². The molecule has 2 aliphatic rings. The number of urea groups is 1. The van der Waals surface area contributed by atoms with Crippen LogP contribution in [0.1, 0.15) is 44.2 Å². The third kappa shape index (κ3) is 3.18. The molecule has 0 spiro atoms. The van der Waals surface area contributed by atoms with Gasteiger partial charge < -0.3 is 10.2 Å². The third-order valence-electron chi connectivity index (χ3n) is 5.16. The van der Waals surface area contributed by atoms with Crippen LogP contribution >= 0.6 is 11.3 Å². The number of hydrogen-bond acceptors (Lipinski definition) is 5. The highest BCUT2D eigenvalue weighted by Crippen LogP contribution is 2.36. The number of imide groups is 1. The number of aromatic nitrogens is 1. The average Bonchev–Trinajstić information content (AvgIpc) is 3.30. The number of para-hydroxylation sites is 1. The Balaban J connectivity index is 1.45. The lowest BCUT2D eigenvalue weighted by molar-refractivity contribution is -0.133. The van der Waals surface area contributed by atoms with E-state index in [-0.39, 0.29) is 30.8 Å². The molecule has 2 aliphatic heterocycles. The first-order valence-electron chi connectivity index (χ1n) is 9.16. The van der Waals surface area contributed by atoms with Crippen molar-refractivity contribution >= 4 is 39.4 Å². The van der Waals surface area contributed by atoms with Gasteiger partial charge in [-0.3, -0.25) is 14.5 Å². The number of fused-ring (bicyclic) bond motifs is 1. The zero-order chi connectivity index (χ0) is 19.2. The summed E-state index contributed by atoms with van der Waals surface area (Å²) in [7, 11) is 0. The number of nitrogens with one attached hydrogen (secondary N) is 1. The van der Waals surface area contributed by atoms with Crippen LogP contribution in [0, 0.1) is 0 Å². The van der Waals surface area contributed by atoms with Crippen LogP contribution in [0.5, 0.6) is 0 Å². The largest absolute Gasteiger partial charge is 0.333 e. The highest BCUT2D eigenvalue weighted by Gasteiger charge is 2.44. The van der Waals surface area contributed by atoms with Gasteiger partial charge in [-0.15, -0.1) is 11.3 Å². The van der Waals surface area contributed by atoms with Gasteiger partial charge in [0, 0.05) is 19.5 Å². The molecule has 1 atom stereocenters. The average molecular weight is 386 g/mol. The summed E-state index contributed by atoms with van der Waals surface area (Å²) in [6, 6.07) is 7.52. The van der Waals surface area contributed by atoms with Gasteiger partial charge in [-0.1, -0.05) is 12.1 Å². The normalized spacial score (nSPS) is 21.9. The molecule has 1 aromatic carbocycles. The van der Waals surface area contributed by atoms with Crippen LogP contribution in [0.2, 0.25) is 0 Å². The van der Waals surface area contributed by atoms with Gasteiger partial charge in [0.15, 0.2) is 0 Å². The van der Waals surface area contributed by atoms with Crippen molar-refractivity contribution < 1.29 is 14.4 Å². The van der Waals surface area contributed by atoms with Gasteiger partial charge in [0.2, 0.25) is 5.91 Å². The molecule has 1 aromatic heterocycles. The Hall–Kier alpha value is -2.48. The molecule has 1 N–H and O–H groups in total. The monoisotopic (exact) mass is 386 g/mol. The number of rotatable bonds is 4. The molecular formula is C19H22N4O3S. The maximum absolute atomic E-state index is 12.8. The van der Waals surface area contributed by atoms with Gasteiger partial charge in [0.1, 0.15) is 10.5 Å². The molecule has 4 amide bonds. The van der Waals surface area contributed by atoms with E-state index in [1.165, 1.54) is 0 Å². The lowest BCUT2D eigenvalue weighted by Crippen LogP contribution is -2.41. The molecule has 2 aromatic rings. The first-order chi connectivity index (χ1) is 12.9. The lowest BCUT2D eigenvalue weighted by atomic mass is 10.1. The number of carbonyl (C=O) groups is 3. The Morgan fingerprint density at radius 3 is 2.81 bits per heavy atom. The van der Waals surface area contributed by atoms with Gasteiger partial charge in [0.05, 0.1) is 16.3 Å². The quantitative estimate of drug-likeness (QED) is 0.819. The summed E-state index contributed by atoms with van der Waals surface area (Å²) in [5.41, 5.74) is 0.0514. The molecule has 8 heteroatoms. The van der Waals surface area contributed by atoms with E-state index in [2.05, 4.69) is 5.32 Å². The maximum Gasteiger partial charge on any atom is 0.325 e. The van der Waals surface area contributed by atoms with E-state index in [1.807, 2.05) is 29.2 Å². The summed E-state index contributed by atoms with van der Waals surface area (Å²) in [5.74, 6) is -0.327. The molecule has 2 fully saturated rings. The van der Waals surface area contributed by atoms with Crippen molar-refractivity contribution in [2.45, 2.75) is 44.7 Å². The van der Waals surface area contributed by atoms with Crippen molar-refractivity contribution in [1.29, 1.82) is 0 Å². The fourth-order valence-electron chi connectivity index (χ4n) is 3.73. The molecule has 3 heterocycles. The van der Waals surface area contributed by atoms with Crippen molar-refractivity contribution in [2.75, 3.05) is 13.1 Å². The van der Waals surface area contributed by atoms with Gasteiger partial charge in [-0.05, 0) is 38.8 Å². The number of benzene rings is 1. The van der Waals surface area contributed by atoms with Crippen LogP contribution < -0.4 is 5.32 Å². The zero-order valence-electron chi connectivity index (χ0n) is 15.4. The molecular weight excluding hydrogens is 364 g/mol. The number of thiazole rings is 1. The van der Waals surface area contributed by atoms with Crippen LogP contribution in [-0.4, -0.2) is 51.3 Å². The topological polar surface area (TPSA) is 82.6 Å². The van der Waals surface area contributed by atoms with E-state index in [9.17, 15) is 14.4 Å². The molecule has 142 valence electrons.